The Hall–Kier alpha value is -0.930. The van der Waals surface area contributed by atoms with Crippen LogP contribution in [0.3, 0.4) is 0 Å². The molecule has 0 spiro atoms. The smallest absolute Gasteiger partial charge is 0.0541 e. The molecule has 0 aliphatic heterocycles. The van der Waals surface area contributed by atoms with Crippen molar-refractivity contribution in [1.29, 1.82) is 0 Å². The predicted molar refractivity (Wildman–Crippen MR) is 70.8 cm³/mol. The quantitative estimate of drug-likeness (QED) is 0.729. The van der Waals surface area contributed by atoms with Crippen LogP contribution < -0.4 is 5.32 Å². The standard InChI is InChI=1S/C14H23N3/c1-12(13-6-7-13)17(2)10-9-15-11-14-5-3-4-8-16-14/h3-5,8,12-13,15H,6-7,9-11H2,1-2H3. The molecule has 1 aromatic heterocycles. The molecular formula is C14H23N3. The third-order valence-corrected chi connectivity index (χ3v) is 3.67. The molecule has 0 aromatic carbocycles. The lowest BCUT2D eigenvalue weighted by molar-refractivity contribution is 0.234. The van der Waals surface area contributed by atoms with Crippen molar-refractivity contribution in [2.45, 2.75) is 32.4 Å². The Bertz CT molecular complexity index is 321. The first kappa shape index (κ1) is 12.5. The SMILES string of the molecule is CC(C1CC1)N(C)CCNCc1ccccn1. The van der Waals surface area contributed by atoms with Crippen LogP contribution in [0.2, 0.25) is 0 Å². The molecule has 1 N–H and O–H groups in total. The number of aromatic nitrogens is 1. The summed E-state index contributed by atoms with van der Waals surface area (Å²) in [6.07, 6.45) is 4.69. The van der Waals surface area contributed by atoms with E-state index in [9.17, 15) is 0 Å². The van der Waals surface area contributed by atoms with Crippen LogP contribution in [-0.2, 0) is 6.54 Å². The van der Waals surface area contributed by atoms with Gasteiger partial charge in [-0.25, -0.2) is 0 Å². The average Bonchev–Trinajstić information content (AvgIpc) is 3.19. The van der Waals surface area contributed by atoms with Crippen molar-refractivity contribution >= 4 is 0 Å². The largest absolute Gasteiger partial charge is 0.310 e. The van der Waals surface area contributed by atoms with E-state index >= 15 is 0 Å². The normalized spacial score (nSPS) is 17.4. The minimum Gasteiger partial charge on any atom is -0.310 e. The van der Waals surface area contributed by atoms with E-state index in [-0.39, 0.29) is 0 Å². The first-order valence-corrected chi connectivity index (χ1v) is 6.58. The second kappa shape index (κ2) is 6.12. The second-order valence-electron chi connectivity index (χ2n) is 5.06. The molecular weight excluding hydrogens is 210 g/mol. The van der Waals surface area contributed by atoms with Gasteiger partial charge < -0.3 is 10.2 Å². The first-order valence-electron chi connectivity index (χ1n) is 6.58. The van der Waals surface area contributed by atoms with Gasteiger partial charge in [0.1, 0.15) is 0 Å². The minimum absolute atomic E-state index is 0.742. The first-order chi connectivity index (χ1) is 8.27. The molecule has 3 nitrogen and oxygen atoms in total. The second-order valence-corrected chi connectivity index (χ2v) is 5.06. The highest BCUT2D eigenvalue weighted by Gasteiger charge is 2.29. The Morgan fingerprint density at radius 2 is 2.29 bits per heavy atom. The van der Waals surface area contributed by atoms with Gasteiger partial charge in [0.15, 0.2) is 0 Å². The predicted octanol–water partition coefficient (Wildman–Crippen LogP) is 1.90. The van der Waals surface area contributed by atoms with Crippen molar-refractivity contribution in [2.24, 2.45) is 5.92 Å². The van der Waals surface area contributed by atoms with Gasteiger partial charge in [0.05, 0.1) is 5.69 Å². The number of nitrogens with zero attached hydrogens (tertiary/aromatic N) is 2. The Morgan fingerprint density at radius 1 is 1.47 bits per heavy atom. The molecule has 0 amide bonds. The van der Waals surface area contributed by atoms with Gasteiger partial charge in [0, 0.05) is 31.9 Å². The highest BCUT2D eigenvalue weighted by atomic mass is 15.1. The fourth-order valence-corrected chi connectivity index (χ4v) is 2.12. The van der Waals surface area contributed by atoms with Crippen molar-refractivity contribution in [3.63, 3.8) is 0 Å². The number of likely N-dealkylation sites (N-methyl/N-ethyl adjacent to an activating group) is 1. The van der Waals surface area contributed by atoms with Crippen molar-refractivity contribution in [2.75, 3.05) is 20.1 Å². The van der Waals surface area contributed by atoms with Gasteiger partial charge >= 0.3 is 0 Å². The molecule has 1 unspecified atom stereocenters. The Kier molecular flexibility index (Phi) is 4.51. The summed E-state index contributed by atoms with van der Waals surface area (Å²) in [5, 5.41) is 3.44. The molecule has 0 bridgehead atoms. The monoisotopic (exact) mass is 233 g/mol. The Morgan fingerprint density at radius 3 is 2.94 bits per heavy atom. The van der Waals surface area contributed by atoms with Gasteiger partial charge in [-0.2, -0.15) is 0 Å². The molecule has 94 valence electrons. The van der Waals surface area contributed by atoms with Gasteiger partial charge in [-0.3, -0.25) is 4.98 Å². The molecule has 1 aliphatic carbocycles. The highest BCUT2D eigenvalue weighted by Crippen LogP contribution is 2.34. The Labute approximate surface area is 104 Å². The molecule has 2 rings (SSSR count). The summed E-state index contributed by atoms with van der Waals surface area (Å²) < 4.78 is 0. The maximum atomic E-state index is 4.29. The number of hydrogen-bond acceptors (Lipinski definition) is 3. The van der Waals surface area contributed by atoms with Crippen LogP contribution in [0.4, 0.5) is 0 Å². The molecule has 1 fully saturated rings. The zero-order valence-electron chi connectivity index (χ0n) is 10.9. The third-order valence-electron chi connectivity index (χ3n) is 3.67. The third kappa shape index (κ3) is 4.10. The highest BCUT2D eigenvalue weighted by molar-refractivity contribution is 5.02. The van der Waals surface area contributed by atoms with Gasteiger partial charge in [-0.15, -0.1) is 0 Å². The molecule has 3 heteroatoms. The van der Waals surface area contributed by atoms with E-state index < -0.39 is 0 Å². The zero-order valence-corrected chi connectivity index (χ0v) is 10.9. The number of rotatable bonds is 7. The van der Waals surface area contributed by atoms with E-state index in [1.165, 1.54) is 12.8 Å². The van der Waals surface area contributed by atoms with Gasteiger partial charge in [0.25, 0.3) is 0 Å². The van der Waals surface area contributed by atoms with E-state index in [2.05, 4.69) is 35.2 Å². The van der Waals surface area contributed by atoms with Gasteiger partial charge in [-0.1, -0.05) is 6.07 Å². The fraction of sp³-hybridized carbons (Fsp3) is 0.643. The van der Waals surface area contributed by atoms with Crippen molar-refractivity contribution in [3.8, 4) is 0 Å². The van der Waals surface area contributed by atoms with E-state index in [1.54, 1.807) is 0 Å². The topological polar surface area (TPSA) is 28.2 Å². The fourth-order valence-electron chi connectivity index (χ4n) is 2.12. The van der Waals surface area contributed by atoms with E-state index in [1.807, 2.05) is 18.3 Å². The number of pyridine rings is 1. The molecule has 0 saturated heterocycles. The summed E-state index contributed by atoms with van der Waals surface area (Å²) in [5.74, 6) is 0.954. The van der Waals surface area contributed by atoms with Gasteiger partial charge in [-0.05, 0) is 44.9 Å². The van der Waals surface area contributed by atoms with E-state index in [0.717, 1.165) is 37.3 Å². The summed E-state index contributed by atoms with van der Waals surface area (Å²) in [6, 6.07) is 6.79. The average molecular weight is 233 g/mol. The zero-order chi connectivity index (χ0) is 12.1. The van der Waals surface area contributed by atoms with E-state index in [0.29, 0.717) is 0 Å². The molecule has 1 aliphatic rings. The summed E-state index contributed by atoms with van der Waals surface area (Å²) in [6.45, 7) is 5.36. The number of nitrogens with one attached hydrogen (secondary N) is 1. The molecule has 1 aromatic rings. The van der Waals surface area contributed by atoms with Crippen LogP contribution >= 0.6 is 0 Å². The van der Waals surface area contributed by atoms with Crippen LogP contribution in [0, 0.1) is 5.92 Å². The van der Waals surface area contributed by atoms with Crippen molar-refractivity contribution < 1.29 is 0 Å². The Balaban J connectivity index is 1.59. The summed E-state index contributed by atoms with van der Waals surface area (Å²) >= 11 is 0. The molecule has 0 radical (unpaired) electrons. The lowest BCUT2D eigenvalue weighted by atomic mass is 10.2. The maximum Gasteiger partial charge on any atom is 0.0541 e. The van der Waals surface area contributed by atoms with Crippen LogP contribution in [0.25, 0.3) is 0 Å². The maximum absolute atomic E-state index is 4.29. The van der Waals surface area contributed by atoms with Crippen LogP contribution in [-0.4, -0.2) is 36.1 Å². The molecule has 1 atom stereocenters. The lowest BCUT2D eigenvalue weighted by Gasteiger charge is -2.24. The van der Waals surface area contributed by atoms with Crippen LogP contribution in [0.5, 0.6) is 0 Å². The van der Waals surface area contributed by atoms with Gasteiger partial charge in [0.2, 0.25) is 0 Å². The van der Waals surface area contributed by atoms with Crippen molar-refractivity contribution in [1.82, 2.24) is 15.2 Å². The van der Waals surface area contributed by atoms with Crippen molar-refractivity contribution in [3.05, 3.63) is 30.1 Å². The van der Waals surface area contributed by atoms with Crippen LogP contribution in [0.1, 0.15) is 25.5 Å². The summed E-state index contributed by atoms with van der Waals surface area (Å²) in [7, 11) is 2.23. The summed E-state index contributed by atoms with van der Waals surface area (Å²) in [4.78, 5) is 6.75. The molecule has 17 heavy (non-hydrogen) atoms. The minimum atomic E-state index is 0.742. The molecule has 1 saturated carbocycles. The van der Waals surface area contributed by atoms with E-state index in [4.69, 9.17) is 0 Å². The number of hydrogen-bond donors (Lipinski definition) is 1. The van der Waals surface area contributed by atoms with Crippen LogP contribution in [0.15, 0.2) is 24.4 Å². The summed E-state index contributed by atoms with van der Waals surface area (Å²) in [5.41, 5.74) is 1.12. The molecule has 1 heterocycles. The lowest BCUT2D eigenvalue weighted by Crippen LogP contribution is -2.36.